The number of benzene rings is 3. The van der Waals surface area contributed by atoms with Crippen LogP contribution in [0.1, 0.15) is 0 Å². The zero-order valence-corrected chi connectivity index (χ0v) is 15.8. The average molecular weight is 410 g/mol. The molecule has 4 aromatic rings. The van der Waals surface area contributed by atoms with Crippen LogP contribution in [0, 0.1) is 10.1 Å². The first-order valence-corrected chi connectivity index (χ1v) is 9.42. The van der Waals surface area contributed by atoms with Crippen molar-refractivity contribution in [1.82, 2.24) is 9.97 Å². The van der Waals surface area contributed by atoms with Crippen molar-refractivity contribution < 1.29 is 4.92 Å². The molecule has 1 aromatic heterocycles. The van der Waals surface area contributed by atoms with Crippen molar-refractivity contribution in [2.75, 3.05) is 0 Å². The number of hydrogen-bond donors (Lipinski definition) is 1. The molecule has 4 rings (SSSR count). The van der Waals surface area contributed by atoms with Crippen LogP contribution in [0.4, 0.5) is 5.69 Å². The smallest absolute Gasteiger partial charge is 0.283 e. The number of rotatable bonds is 4. The number of aromatic amines is 1. The third kappa shape index (κ3) is 3.62. The molecule has 0 radical (unpaired) electrons. The van der Waals surface area contributed by atoms with Crippen LogP contribution in [0.2, 0.25) is 5.02 Å². The molecule has 28 heavy (non-hydrogen) atoms. The molecule has 0 bridgehead atoms. The van der Waals surface area contributed by atoms with Gasteiger partial charge in [-0.15, -0.1) is 0 Å². The van der Waals surface area contributed by atoms with E-state index < -0.39 is 4.92 Å². The number of nitro groups is 1. The maximum atomic E-state index is 12.3. The van der Waals surface area contributed by atoms with Gasteiger partial charge in [0, 0.05) is 21.5 Å². The van der Waals surface area contributed by atoms with Gasteiger partial charge in [-0.25, -0.2) is 4.98 Å². The molecule has 0 amide bonds. The van der Waals surface area contributed by atoms with E-state index in [2.05, 4.69) is 9.97 Å². The van der Waals surface area contributed by atoms with E-state index in [1.807, 2.05) is 0 Å². The molecule has 0 atom stereocenters. The highest BCUT2D eigenvalue weighted by atomic mass is 35.5. The van der Waals surface area contributed by atoms with Crippen LogP contribution >= 0.6 is 23.4 Å². The van der Waals surface area contributed by atoms with Gasteiger partial charge in [-0.05, 0) is 48.5 Å². The van der Waals surface area contributed by atoms with Gasteiger partial charge in [0.15, 0.2) is 0 Å². The van der Waals surface area contributed by atoms with Crippen LogP contribution in [0.5, 0.6) is 0 Å². The summed E-state index contributed by atoms with van der Waals surface area (Å²) in [4.78, 5) is 31.9. The average Bonchev–Trinajstić information content (AvgIpc) is 2.70. The molecule has 0 saturated carbocycles. The third-order valence-corrected chi connectivity index (χ3v) is 5.41. The first kappa shape index (κ1) is 18.2. The number of aromatic nitrogens is 2. The number of nitrogens with one attached hydrogen (secondary N) is 1. The monoisotopic (exact) mass is 409 g/mol. The Morgan fingerprint density at radius 2 is 1.79 bits per heavy atom. The molecule has 3 aromatic carbocycles. The summed E-state index contributed by atoms with van der Waals surface area (Å²) in [7, 11) is 0. The van der Waals surface area contributed by atoms with Crippen LogP contribution in [-0.4, -0.2) is 14.9 Å². The standard InChI is InChI=1S/C20H12ClN3O3S/c21-13-6-8-14(9-7-13)28-18-10-5-12(11-17(18)24(26)27)19-22-16-4-2-1-3-15(16)20(25)23-19/h1-11H,(H,22,23,25). The molecule has 0 aliphatic heterocycles. The molecule has 0 unspecified atom stereocenters. The Balaban J connectivity index is 1.77. The van der Waals surface area contributed by atoms with Crippen molar-refractivity contribution in [3.8, 4) is 11.4 Å². The lowest BCUT2D eigenvalue weighted by Crippen LogP contribution is -2.09. The molecule has 0 spiro atoms. The summed E-state index contributed by atoms with van der Waals surface area (Å²) >= 11 is 7.15. The van der Waals surface area contributed by atoms with Gasteiger partial charge in [0.05, 0.1) is 20.7 Å². The SMILES string of the molecule is O=c1[nH]c(-c2ccc(Sc3ccc(Cl)cc3)c([N+](=O)[O-])c2)nc2ccccc12. The van der Waals surface area contributed by atoms with Gasteiger partial charge in [0.1, 0.15) is 5.82 Å². The van der Waals surface area contributed by atoms with Gasteiger partial charge < -0.3 is 4.98 Å². The largest absolute Gasteiger partial charge is 0.306 e. The molecule has 0 saturated heterocycles. The Labute approximate surface area is 168 Å². The highest BCUT2D eigenvalue weighted by Gasteiger charge is 2.18. The Hall–Kier alpha value is -3.16. The van der Waals surface area contributed by atoms with Crippen LogP contribution in [-0.2, 0) is 0 Å². The lowest BCUT2D eigenvalue weighted by atomic mass is 10.1. The molecular weight excluding hydrogens is 398 g/mol. The highest BCUT2D eigenvalue weighted by Crippen LogP contribution is 2.37. The quantitative estimate of drug-likeness (QED) is 0.364. The number of hydrogen-bond acceptors (Lipinski definition) is 5. The van der Waals surface area contributed by atoms with E-state index in [1.54, 1.807) is 60.7 Å². The van der Waals surface area contributed by atoms with Gasteiger partial charge in [0.25, 0.3) is 11.2 Å². The lowest BCUT2D eigenvalue weighted by molar-refractivity contribution is -0.387. The summed E-state index contributed by atoms with van der Waals surface area (Å²) in [6.45, 7) is 0. The predicted octanol–water partition coefficient (Wildman–Crippen LogP) is 5.30. The van der Waals surface area contributed by atoms with E-state index in [0.29, 0.717) is 26.4 Å². The van der Waals surface area contributed by atoms with Crippen LogP contribution in [0.25, 0.3) is 22.3 Å². The fourth-order valence-corrected chi connectivity index (χ4v) is 3.77. The Morgan fingerprint density at radius 1 is 1.04 bits per heavy atom. The number of H-pyrrole nitrogens is 1. The zero-order valence-electron chi connectivity index (χ0n) is 14.3. The van der Waals surface area contributed by atoms with Crippen molar-refractivity contribution in [3.63, 3.8) is 0 Å². The molecule has 1 heterocycles. The van der Waals surface area contributed by atoms with Gasteiger partial charge >= 0.3 is 0 Å². The van der Waals surface area contributed by atoms with Gasteiger partial charge in [0.2, 0.25) is 0 Å². The molecule has 138 valence electrons. The van der Waals surface area contributed by atoms with Gasteiger partial charge in [-0.2, -0.15) is 0 Å². The zero-order chi connectivity index (χ0) is 19.7. The van der Waals surface area contributed by atoms with Crippen LogP contribution in [0.3, 0.4) is 0 Å². The van der Waals surface area contributed by atoms with Gasteiger partial charge in [-0.1, -0.05) is 35.5 Å². The Morgan fingerprint density at radius 3 is 2.54 bits per heavy atom. The minimum Gasteiger partial charge on any atom is -0.306 e. The predicted molar refractivity (Wildman–Crippen MR) is 110 cm³/mol. The van der Waals surface area contributed by atoms with Crippen LogP contribution in [0.15, 0.2) is 81.3 Å². The first-order chi connectivity index (χ1) is 13.5. The second-order valence-corrected chi connectivity index (χ2v) is 7.48. The second kappa shape index (κ2) is 7.46. The molecule has 0 aliphatic carbocycles. The van der Waals surface area contributed by atoms with E-state index in [9.17, 15) is 14.9 Å². The number of halogens is 1. The third-order valence-electron chi connectivity index (χ3n) is 4.08. The Bertz CT molecular complexity index is 1260. The van der Waals surface area contributed by atoms with Crippen molar-refractivity contribution >= 4 is 40.0 Å². The fourth-order valence-electron chi connectivity index (χ4n) is 2.75. The van der Waals surface area contributed by atoms with E-state index in [0.717, 1.165) is 4.90 Å². The fraction of sp³-hybridized carbons (Fsp3) is 0. The summed E-state index contributed by atoms with van der Waals surface area (Å²) in [6.07, 6.45) is 0. The first-order valence-electron chi connectivity index (χ1n) is 8.22. The minimum atomic E-state index is -0.444. The Kier molecular flexibility index (Phi) is 4.85. The summed E-state index contributed by atoms with van der Waals surface area (Å²) in [5.74, 6) is 0.287. The highest BCUT2D eigenvalue weighted by molar-refractivity contribution is 7.99. The van der Waals surface area contributed by atoms with Crippen molar-refractivity contribution in [2.24, 2.45) is 0 Å². The van der Waals surface area contributed by atoms with Crippen molar-refractivity contribution in [1.29, 1.82) is 0 Å². The molecule has 1 N–H and O–H groups in total. The maximum Gasteiger partial charge on any atom is 0.283 e. The number of para-hydroxylation sites is 1. The van der Waals surface area contributed by atoms with E-state index in [4.69, 9.17) is 11.6 Å². The molecule has 0 fully saturated rings. The minimum absolute atomic E-state index is 0.0618. The van der Waals surface area contributed by atoms with E-state index >= 15 is 0 Å². The molecule has 0 aliphatic rings. The molecular formula is C20H12ClN3O3S. The summed E-state index contributed by atoms with van der Waals surface area (Å²) in [6, 6.07) is 18.8. The second-order valence-electron chi connectivity index (χ2n) is 5.93. The van der Waals surface area contributed by atoms with E-state index in [1.165, 1.54) is 17.8 Å². The van der Waals surface area contributed by atoms with Crippen molar-refractivity contribution in [3.05, 3.63) is 92.2 Å². The van der Waals surface area contributed by atoms with Crippen molar-refractivity contribution in [2.45, 2.75) is 9.79 Å². The van der Waals surface area contributed by atoms with E-state index in [-0.39, 0.29) is 17.1 Å². The number of nitrogens with zero attached hydrogens (tertiary/aromatic N) is 2. The summed E-state index contributed by atoms with van der Waals surface area (Å²) < 4.78 is 0. The summed E-state index contributed by atoms with van der Waals surface area (Å²) in [5, 5.41) is 12.7. The normalized spacial score (nSPS) is 10.9. The lowest BCUT2D eigenvalue weighted by Gasteiger charge is -2.07. The number of nitro benzene ring substituents is 1. The maximum absolute atomic E-state index is 12.3. The van der Waals surface area contributed by atoms with Crippen LogP contribution < -0.4 is 5.56 Å². The molecule has 6 nitrogen and oxygen atoms in total. The topological polar surface area (TPSA) is 88.9 Å². The van der Waals surface area contributed by atoms with Gasteiger partial charge in [-0.3, -0.25) is 14.9 Å². The molecule has 8 heteroatoms. The number of fused-ring (bicyclic) bond motifs is 1. The summed E-state index contributed by atoms with van der Waals surface area (Å²) in [5.41, 5.74) is 0.648.